The summed E-state index contributed by atoms with van der Waals surface area (Å²) in [6.07, 6.45) is 0. The summed E-state index contributed by atoms with van der Waals surface area (Å²) in [5.41, 5.74) is 0.523. The molecule has 0 spiro atoms. The number of hydrogen-bond donors (Lipinski definition) is 3. The van der Waals surface area contributed by atoms with Crippen LogP contribution in [0.15, 0.2) is 53.4 Å². The van der Waals surface area contributed by atoms with Crippen molar-refractivity contribution in [1.82, 2.24) is 0 Å². The van der Waals surface area contributed by atoms with E-state index in [-0.39, 0.29) is 22.6 Å². The third-order valence-corrected chi connectivity index (χ3v) is 5.86. The summed E-state index contributed by atoms with van der Waals surface area (Å²) in [4.78, 5) is 23.3. The minimum Gasteiger partial charge on any atom is -0.326 e. The number of anilines is 3. The van der Waals surface area contributed by atoms with Gasteiger partial charge in [0, 0.05) is 29.9 Å². The lowest BCUT2D eigenvalue weighted by atomic mass is 9.95. The van der Waals surface area contributed by atoms with Crippen molar-refractivity contribution in [3.05, 3.63) is 48.5 Å². The van der Waals surface area contributed by atoms with E-state index >= 15 is 0 Å². The SMILES string of the molecule is CC(=O)Nc1cccc(S(=O)(=O)Nc2ccc(NC(=O)C(C)(C)CCl)cc2)c1. The summed E-state index contributed by atoms with van der Waals surface area (Å²) >= 11 is 5.79. The summed E-state index contributed by atoms with van der Waals surface area (Å²) in [5, 5.41) is 5.28. The third kappa shape index (κ3) is 5.71. The fraction of sp³-hybridized carbons (Fsp3) is 0.263. The van der Waals surface area contributed by atoms with Gasteiger partial charge in [-0.1, -0.05) is 6.07 Å². The van der Waals surface area contributed by atoms with Crippen LogP contribution in [0, 0.1) is 5.41 Å². The number of carbonyl (C=O) groups is 2. The fourth-order valence-electron chi connectivity index (χ4n) is 2.14. The van der Waals surface area contributed by atoms with Gasteiger partial charge in [0.05, 0.1) is 10.3 Å². The Balaban J connectivity index is 2.13. The van der Waals surface area contributed by atoms with Crippen molar-refractivity contribution in [1.29, 1.82) is 0 Å². The van der Waals surface area contributed by atoms with Gasteiger partial charge in [-0.3, -0.25) is 14.3 Å². The summed E-state index contributed by atoms with van der Waals surface area (Å²) in [6, 6.07) is 12.2. The quantitative estimate of drug-likeness (QED) is 0.591. The van der Waals surface area contributed by atoms with Crippen molar-refractivity contribution in [2.45, 2.75) is 25.7 Å². The zero-order valence-electron chi connectivity index (χ0n) is 15.7. The predicted molar refractivity (Wildman–Crippen MR) is 111 cm³/mol. The highest BCUT2D eigenvalue weighted by Gasteiger charge is 2.26. The molecule has 2 amide bonds. The first-order valence-corrected chi connectivity index (χ1v) is 10.4. The lowest BCUT2D eigenvalue weighted by Crippen LogP contribution is -2.32. The monoisotopic (exact) mass is 423 g/mol. The highest BCUT2D eigenvalue weighted by atomic mass is 35.5. The van der Waals surface area contributed by atoms with Crippen LogP contribution in [0.5, 0.6) is 0 Å². The van der Waals surface area contributed by atoms with Crippen LogP contribution in [0.2, 0.25) is 0 Å². The van der Waals surface area contributed by atoms with Gasteiger partial charge >= 0.3 is 0 Å². The van der Waals surface area contributed by atoms with Gasteiger partial charge in [0.25, 0.3) is 10.0 Å². The Morgan fingerprint density at radius 2 is 1.57 bits per heavy atom. The normalized spacial score (nSPS) is 11.6. The molecule has 0 saturated carbocycles. The van der Waals surface area contributed by atoms with E-state index in [1.165, 1.54) is 25.1 Å². The van der Waals surface area contributed by atoms with Crippen LogP contribution in [0.4, 0.5) is 17.1 Å². The Bertz CT molecular complexity index is 973. The van der Waals surface area contributed by atoms with E-state index in [1.807, 2.05) is 0 Å². The van der Waals surface area contributed by atoms with Crippen molar-refractivity contribution in [3.63, 3.8) is 0 Å². The predicted octanol–water partition coefficient (Wildman–Crippen LogP) is 3.65. The van der Waals surface area contributed by atoms with E-state index < -0.39 is 15.4 Å². The van der Waals surface area contributed by atoms with E-state index in [1.54, 1.807) is 44.2 Å². The molecule has 28 heavy (non-hydrogen) atoms. The maximum absolute atomic E-state index is 12.6. The molecule has 0 aromatic heterocycles. The molecule has 0 saturated heterocycles. The van der Waals surface area contributed by atoms with E-state index in [9.17, 15) is 18.0 Å². The number of amides is 2. The van der Waals surface area contributed by atoms with Crippen LogP contribution in [0.25, 0.3) is 0 Å². The van der Waals surface area contributed by atoms with E-state index in [2.05, 4.69) is 15.4 Å². The maximum atomic E-state index is 12.6. The molecule has 0 aliphatic heterocycles. The number of hydrogen-bond acceptors (Lipinski definition) is 4. The van der Waals surface area contributed by atoms with Gasteiger partial charge in [0.2, 0.25) is 11.8 Å². The molecule has 0 heterocycles. The van der Waals surface area contributed by atoms with Crippen molar-refractivity contribution >= 4 is 50.5 Å². The molecule has 0 unspecified atom stereocenters. The van der Waals surface area contributed by atoms with Gasteiger partial charge in [-0.05, 0) is 56.3 Å². The standard InChI is InChI=1S/C19H22ClN3O4S/c1-13(24)21-16-5-4-6-17(11-16)28(26,27)23-15-9-7-14(8-10-15)22-18(25)19(2,3)12-20/h4-11,23H,12H2,1-3H3,(H,21,24)(H,22,25). The van der Waals surface area contributed by atoms with Gasteiger partial charge in [-0.15, -0.1) is 11.6 Å². The summed E-state index contributed by atoms with van der Waals surface area (Å²) in [5.74, 6) is -0.350. The molecule has 9 heteroatoms. The molecular formula is C19H22ClN3O4S. The Hall–Kier alpha value is -2.58. The van der Waals surface area contributed by atoms with Crippen LogP contribution in [0.3, 0.4) is 0 Å². The minimum atomic E-state index is -3.84. The average molecular weight is 424 g/mol. The molecule has 0 fully saturated rings. The average Bonchev–Trinajstić information content (AvgIpc) is 2.62. The molecule has 2 rings (SSSR count). The van der Waals surface area contributed by atoms with E-state index in [0.29, 0.717) is 17.1 Å². The Morgan fingerprint density at radius 1 is 0.964 bits per heavy atom. The molecule has 3 N–H and O–H groups in total. The molecule has 2 aromatic carbocycles. The van der Waals surface area contributed by atoms with Crippen molar-refractivity contribution in [2.75, 3.05) is 21.2 Å². The largest absolute Gasteiger partial charge is 0.326 e. The van der Waals surface area contributed by atoms with Crippen LogP contribution in [0.1, 0.15) is 20.8 Å². The second-order valence-corrected chi connectivity index (χ2v) is 8.81. The smallest absolute Gasteiger partial charge is 0.261 e. The van der Waals surface area contributed by atoms with Crippen LogP contribution < -0.4 is 15.4 Å². The molecule has 0 atom stereocenters. The first kappa shape index (κ1) is 21.7. The molecule has 0 aliphatic rings. The number of alkyl halides is 1. The van der Waals surface area contributed by atoms with Gasteiger partial charge in [-0.2, -0.15) is 0 Å². The minimum absolute atomic E-state index is 0.0139. The lowest BCUT2D eigenvalue weighted by molar-refractivity contribution is -0.123. The molecule has 0 bridgehead atoms. The molecule has 150 valence electrons. The first-order chi connectivity index (χ1) is 13.0. The maximum Gasteiger partial charge on any atom is 0.261 e. The highest BCUT2D eigenvalue weighted by Crippen LogP contribution is 2.23. The number of nitrogens with one attached hydrogen (secondary N) is 3. The van der Waals surface area contributed by atoms with Gasteiger partial charge < -0.3 is 10.6 Å². The Morgan fingerprint density at radius 3 is 2.14 bits per heavy atom. The van der Waals surface area contributed by atoms with Crippen molar-refractivity contribution in [2.24, 2.45) is 5.41 Å². The summed E-state index contributed by atoms with van der Waals surface area (Å²) in [6.45, 7) is 4.80. The molecule has 0 aliphatic carbocycles. The highest BCUT2D eigenvalue weighted by molar-refractivity contribution is 7.92. The van der Waals surface area contributed by atoms with E-state index in [0.717, 1.165) is 0 Å². The fourth-order valence-corrected chi connectivity index (χ4v) is 3.37. The van der Waals surface area contributed by atoms with Gasteiger partial charge in [0.15, 0.2) is 0 Å². The first-order valence-electron chi connectivity index (χ1n) is 8.41. The summed E-state index contributed by atoms with van der Waals surface area (Å²) < 4.78 is 27.6. The number of benzene rings is 2. The lowest BCUT2D eigenvalue weighted by Gasteiger charge is -2.20. The van der Waals surface area contributed by atoms with Crippen LogP contribution in [-0.4, -0.2) is 26.1 Å². The van der Waals surface area contributed by atoms with Crippen molar-refractivity contribution < 1.29 is 18.0 Å². The van der Waals surface area contributed by atoms with Gasteiger partial charge in [-0.25, -0.2) is 8.42 Å². The number of rotatable bonds is 7. The van der Waals surface area contributed by atoms with Crippen molar-refractivity contribution in [3.8, 4) is 0 Å². The van der Waals surface area contributed by atoms with Crippen LogP contribution >= 0.6 is 11.6 Å². The number of sulfonamides is 1. The molecule has 7 nitrogen and oxygen atoms in total. The second-order valence-electron chi connectivity index (χ2n) is 6.86. The number of carbonyl (C=O) groups excluding carboxylic acids is 2. The summed E-state index contributed by atoms with van der Waals surface area (Å²) in [7, 11) is -3.84. The Kier molecular flexibility index (Phi) is 6.69. The zero-order chi connectivity index (χ0) is 20.9. The molecular weight excluding hydrogens is 402 g/mol. The second kappa shape index (κ2) is 8.62. The molecule has 0 radical (unpaired) electrons. The van der Waals surface area contributed by atoms with E-state index in [4.69, 9.17) is 11.6 Å². The zero-order valence-corrected chi connectivity index (χ0v) is 17.3. The van der Waals surface area contributed by atoms with Crippen LogP contribution in [-0.2, 0) is 19.6 Å². The topological polar surface area (TPSA) is 104 Å². The third-order valence-electron chi connectivity index (χ3n) is 3.81. The Labute approximate surface area is 169 Å². The van der Waals surface area contributed by atoms with Gasteiger partial charge in [0.1, 0.15) is 0 Å². The number of halogens is 1. The molecule has 2 aromatic rings.